The van der Waals surface area contributed by atoms with E-state index in [9.17, 15) is 18.3 Å². The molecule has 1 fully saturated rings. The summed E-state index contributed by atoms with van der Waals surface area (Å²) in [5, 5.41) is 9.50. The number of amides is 1. The Labute approximate surface area is 148 Å². The van der Waals surface area contributed by atoms with Gasteiger partial charge in [0, 0.05) is 39.3 Å². The Morgan fingerprint density at radius 1 is 1.12 bits per heavy atom. The van der Waals surface area contributed by atoms with Crippen molar-refractivity contribution in [1.82, 2.24) is 14.1 Å². The van der Waals surface area contributed by atoms with Crippen molar-refractivity contribution in [3.05, 3.63) is 29.3 Å². The average molecular weight is 367 g/mol. The van der Waals surface area contributed by atoms with Crippen LogP contribution in [0.5, 0.6) is 0 Å². The van der Waals surface area contributed by atoms with Gasteiger partial charge in [0.25, 0.3) is 5.91 Å². The number of carbonyl (C=O) groups excluding carboxylic acids is 1. The van der Waals surface area contributed by atoms with Gasteiger partial charge in [0.05, 0.1) is 4.90 Å². The normalized spacial score (nSPS) is 21.0. The van der Waals surface area contributed by atoms with E-state index in [1.807, 2.05) is 13.1 Å². The SMILES string of the molecule is C[C@H](O)C(=O)N1CCc2ccc(S(=O)(=O)N3CCN(C)CC3)cc2C1. The van der Waals surface area contributed by atoms with Crippen LogP contribution in [0.1, 0.15) is 18.1 Å². The molecule has 2 aliphatic rings. The number of rotatable bonds is 3. The topological polar surface area (TPSA) is 81.2 Å². The van der Waals surface area contributed by atoms with Crippen LogP contribution in [0.25, 0.3) is 0 Å². The van der Waals surface area contributed by atoms with Gasteiger partial charge in [0.1, 0.15) is 6.10 Å². The number of hydrogen-bond acceptors (Lipinski definition) is 5. The van der Waals surface area contributed by atoms with Crippen LogP contribution in [0.15, 0.2) is 23.1 Å². The molecular formula is C17H25N3O4S. The van der Waals surface area contributed by atoms with E-state index < -0.39 is 16.1 Å². The molecule has 0 unspecified atom stereocenters. The van der Waals surface area contributed by atoms with E-state index in [4.69, 9.17) is 0 Å². The first kappa shape index (κ1) is 18.3. The van der Waals surface area contributed by atoms with Crippen molar-refractivity contribution in [3.8, 4) is 0 Å². The van der Waals surface area contributed by atoms with Gasteiger partial charge in [-0.2, -0.15) is 4.31 Å². The molecule has 25 heavy (non-hydrogen) atoms. The van der Waals surface area contributed by atoms with E-state index in [-0.39, 0.29) is 10.8 Å². The molecule has 2 heterocycles. The summed E-state index contributed by atoms with van der Waals surface area (Å²) in [6, 6.07) is 5.20. The first-order valence-electron chi connectivity index (χ1n) is 8.56. The quantitative estimate of drug-likeness (QED) is 0.806. The first-order valence-corrected chi connectivity index (χ1v) is 10.0. The summed E-state index contributed by atoms with van der Waals surface area (Å²) in [4.78, 5) is 16.0. The minimum Gasteiger partial charge on any atom is -0.384 e. The smallest absolute Gasteiger partial charge is 0.251 e. The summed E-state index contributed by atoms with van der Waals surface area (Å²) in [6.07, 6.45) is -0.373. The van der Waals surface area contributed by atoms with Crippen LogP contribution in [0.4, 0.5) is 0 Å². The zero-order chi connectivity index (χ0) is 18.2. The van der Waals surface area contributed by atoms with Gasteiger partial charge in [-0.05, 0) is 43.7 Å². The Morgan fingerprint density at radius 3 is 2.44 bits per heavy atom. The van der Waals surface area contributed by atoms with Crippen molar-refractivity contribution < 1.29 is 18.3 Å². The summed E-state index contributed by atoms with van der Waals surface area (Å²) in [5.41, 5.74) is 1.91. The standard InChI is InChI=1S/C17H25N3O4S/c1-13(21)17(22)19-6-5-14-3-4-16(11-15(14)12-19)25(23,24)20-9-7-18(2)8-10-20/h3-4,11,13,21H,5-10,12H2,1-2H3/t13-/m0/s1. The molecule has 1 N–H and O–H groups in total. The summed E-state index contributed by atoms with van der Waals surface area (Å²) < 4.78 is 27.3. The van der Waals surface area contributed by atoms with E-state index in [0.717, 1.165) is 24.2 Å². The third kappa shape index (κ3) is 3.72. The third-order valence-corrected chi connectivity index (χ3v) is 6.85. The number of hydrogen-bond donors (Lipinski definition) is 1. The second-order valence-electron chi connectivity index (χ2n) is 6.82. The highest BCUT2D eigenvalue weighted by Gasteiger charge is 2.29. The van der Waals surface area contributed by atoms with Crippen molar-refractivity contribution in [1.29, 1.82) is 0 Å². The summed E-state index contributed by atoms with van der Waals surface area (Å²) in [5.74, 6) is -0.321. The van der Waals surface area contributed by atoms with Crippen molar-refractivity contribution in [2.24, 2.45) is 0 Å². The lowest BCUT2D eigenvalue weighted by molar-refractivity contribution is -0.140. The van der Waals surface area contributed by atoms with Gasteiger partial charge in [-0.15, -0.1) is 0 Å². The summed E-state index contributed by atoms with van der Waals surface area (Å²) >= 11 is 0. The zero-order valence-corrected chi connectivity index (χ0v) is 15.5. The lowest BCUT2D eigenvalue weighted by Crippen LogP contribution is -2.47. The van der Waals surface area contributed by atoms with E-state index in [1.165, 1.54) is 11.2 Å². The van der Waals surface area contributed by atoms with Gasteiger partial charge in [-0.1, -0.05) is 6.07 Å². The summed E-state index contributed by atoms with van der Waals surface area (Å²) in [7, 11) is -1.54. The molecule has 1 aromatic carbocycles. The monoisotopic (exact) mass is 367 g/mol. The van der Waals surface area contributed by atoms with Crippen LogP contribution in [0.3, 0.4) is 0 Å². The molecule has 0 spiro atoms. The van der Waals surface area contributed by atoms with Crippen molar-refractivity contribution >= 4 is 15.9 Å². The molecule has 1 saturated heterocycles. The molecule has 2 aliphatic heterocycles. The fourth-order valence-electron chi connectivity index (χ4n) is 3.32. The maximum absolute atomic E-state index is 12.9. The van der Waals surface area contributed by atoms with Crippen LogP contribution in [-0.2, 0) is 27.8 Å². The molecule has 0 bridgehead atoms. The van der Waals surface area contributed by atoms with Crippen LogP contribution >= 0.6 is 0 Å². The van der Waals surface area contributed by atoms with Gasteiger partial charge < -0.3 is 14.9 Å². The predicted molar refractivity (Wildman–Crippen MR) is 93.5 cm³/mol. The highest BCUT2D eigenvalue weighted by Crippen LogP contribution is 2.25. The van der Waals surface area contributed by atoms with Crippen molar-refractivity contribution in [2.45, 2.75) is 30.9 Å². The Hall–Kier alpha value is -1.48. The number of fused-ring (bicyclic) bond motifs is 1. The van der Waals surface area contributed by atoms with Gasteiger partial charge in [0.2, 0.25) is 10.0 Å². The Bertz CT molecular complexity index is 755. The lowest BCUT2D eigenvalue weighted by atomic mass is 9.99. The Kier molecular flexibility index (Phi) is 5.15. The second-order valence-corrected chi connectivity index (χ2v) is 8.76. The number of benzene rings is 1. The molecule has 8 heteroatoms. The largest absolute Gasteiger partial charge is 0.384 e. The molecule has 0 radical (unpaired) electrons. The molecule has 0 saturated carbocycles. The number of likely N-dealkylation sites (N-methyl/N-ethyl adjacent to an activating group) is 1. The fraction of sp³-hybridized carbons (Fsp3) is 0.588. The Balaban J connectivity index is 1.83. The Morgan fingerprint density at radius 2 is 1.80 bits per heavy atom. The molecule has 1 amide bonds. The highest BCUT2D eigenvalue weighted by molar-refractivity contribution is 7.89. The number of sulfonamides is 1. The van der Waals surface area contributed by atoms with Gasteiger partial charge >= 0.3 is 0 Å². The van der Waals surface area contributed by atoms with Crippen molar-refractivity contribution in [2.75, 3.05) is 39.8 Å². The van der Waals surface area contributed by atoms with Crippen molar-refractivity contribution in [3.63, 3.8) is 0 Å². The van der Waals surface area contributed by atoms with E-state index >= 15 is 0 Å². The number of carbonyl (C=O) groups is 1. The highest BCUT2D eigenvalue weighted by atomic mass is 32.2. The number of aliphatic hydroxyl groups is 1. The van der Waals surface area contributed by atoms with Crippen LogP contribution in [0.2, 0.25) is 0 Å². The van der Waals surface area contributed by atoms with Crippen LogP contribution in [0, 0.1) is 0 Å². The predicted octanol–water partition coefficient (Wildman–Crippen LogP) is -0.112. The van der Waals surface area contributed by atoms with Gasteiger partial charge in [-0.25, -0.2) is 8.42 Å². The second kappa shape index (κ2) is 7.03. The minimum atomic E-state index is -3.52. The van der Waals surface area contributed by atoms with Crippen LogP contribution < -0.4 is 0 Å². The number of nitrogens with zero attached hydrogens (tertiary/aromatic N) is 3. The fourth-order valence-corrected chi connectivity index (χ4v) is 4.80. The van der Waals surface area contributed by atoms with E-state index in [0.29, 0.717) is 32.6 Å². The molecule has 138 valence electrons. The molecular weight excluding hydrogens is 342 g/mol. The molecule has 3 rings (SSSR count). The molecule has 1 aromatic rings. The molecule has 1 atom stereocenters. The molecule has 0 aliphatic carbocycles. The minimum absolute atomic E-state index is 0.280. The van der Waals surface area contributed by atoms with Gasteiger partial charge in [-0.3, -0.25) is 4.79 Å². The maximum atomic E-state index is 12.9. The van der Waals surface area contributed by atoms with E-state index in [2.05, 4.69) is 4.90 Å². The van der Waals surface area contributed by atoms with Gasteiger partial charge in [0.15, 0.2) is 0 Å². The number of piperazine rings is 1. The average Bonchev–Trinajstić information content (AvgIpc) is 2.60. The lowest BCUT2D eigenvalue weighted by Gasteiger charge is -2.32. The molecule has 0 aromatic heterocycles. The number of aliphatic hydroxyl groups excluding tert-OH is 1. The molecule has 7 nitrogen and oxygen atoms in total. The zero-order valence-electron chi connectivity index (χ0n) is 14.7. The third-order valence-electron chi connectivity index (χ3n) is 4.96. The summed E-state index contributed by atoms with van der Waals surface area (Å²) in [6.45, 7) is 4.76. The van der Waals surface area contributed by atoms with E-state index in [1.54, 1.807) is 17.0 Å². The van der Waals surface area contributed by atoms with Crippen LogP contribution in [-0.4, -0.2) is 79.4 Å². The first-order chi connectivity index (χ1) is 11.8. The maximum Gasteiger partial charge on any atom is 0.251 e.